The van der Waals surface area contributed by atoms with Gasteiger partial charge in [0.15, 0.2) is 0 Å². The molecule has 2 heteroatoms. The summed E-state index contributed by atoms with van der Waals surface area (Å²) in [7, 11) is 0. The smallest absolute Gasteiger partial charge is 0.0690 e. The molecular formula is C9H13NO. The van der Waals surface area contributed by atoms with Crippen molar-refractivity contribution in [3.8, 4) is 0 Å². The minimum Gasteiger partial charge on any atom is -0.411 e. The van der Waals surface area contributed by atoms with E-state index >= 15 is 0 Å². The normalized spacial score (nSPS) is 25.1. The molecule has 0 fully saturated rings. The van der Waals surface area contributed by atoms with Crippen molar-refractivity contribution in [2.75, 3.05) is 0 Å². The maximum Gasteiger partial charge on any atom is 0.0690 e. The van der Waals surface area contributed by atoms with E-state index in [9.17, 15) is 0 Å². The Morgan fingerprint density at radius 1 is 1.73 bits per heavy atom. The molecule has 2 nitrogen and oxygen atoms in total. The van der Waals surface area contributed by atoms with Crippen molar-refractivity contribution < 1.29 is 5.21 Å². The summed E-state index contributed by atoms with van der Waals surface area (Å²) in [6.07, 6.45) is 8.91. The van der Waals surface area contributed by atoms with Crippen LogP contribution in [0.3, 0.4) is 0 Å². The van der Waals surface area contributed by atoms with Gasteiger partial charge in [-0.15, -0.1) is 6.58 Å². The highest BCUT2D eigenvalue weighted by Crippen LogP contribution is 2.22. The van der Waals surface area contributed by atoms with E-state index in [0.717, 1.165) is 18.4 Å². The molecule has 0 spiro atoms. The lowest BCUT2D eigenvalue weighted by Crippen LogP contribution is -2.02. The summed E-state index contributed by atoms with van der Waals surface area (Å²) in [6, 6.07) is 0. The first-order valence-electron chi connectivity index (χ1n) is 3.87. The maximum atomic E-state index is 8.28. The fourth-order valence-corrected chi connectivity index (χ4v) is 1.35. The van der Waals surface area contributed by atoms with Crippen LogP contribution in [0.5, 0.6) is 0 Å². The molecule has 1 atom stereocenters. The Kier molecular flexibility index (Phi) is 2.90. The molecule has 0 radical (unpaired) electrons. The molecule has 0 amide bonds. The Labute approximate surface area is 66.9 Å². The summed E-state index contributed by atoms with van der Waals surface area (Å²) < 4.78 is 0. The van der Waals surface area contributed by atoms with Crippen molar-refractivity contribution in [1.29, 1.82) is 0 Å². The van der Waals surface area contributed by atoms with E-state index in [1.165, 1.54) is 12.6 Å². The average Bonchev–Trinajstić information content (AvgIpc) is 2.06. The van der Waals surface area contributed by atoms with E-state index in [1.54, 1.807) is 0 Å². The van der Waals surface area contributed by atoms with Crippen molar-refractivity contribution in [1.82, 2.24) is 0 Å². The lowest BCUT2D eigenvalue weighted by molar-refractivity contribution is 0.321. The first-order valence-corrected chi connectivity index (χ1v) is 3.87. The highest BCUT2D eigenvalue weighted by atomic mass is 16.4. The highest BCUT2D eigenvalue weighted by molar-refractivity contribution is 5.78. The van der Waals surface area contributed by atoms with Crippen molar-refractivity contribution in [2.24, 2.45) is 11.1 Å². The zero-order valence-corrected chi connectivity index (χ0v) is 6.53. The second-order valence-electron chi connectivity index (χ2n) is 2.78. The Morgan fingerprint density at radius 3 is 3.18 bits per heavy atom. The van der Waals surface area contributed by atoms with E-state index in [1.807, 2.05) is 6.08 Å². The van der Waals surface area contributed by atoms with E-state index in [4.69, 9.17) is 5.21 Å². The summed E-state index contributed by atoms with van der Waals surface area (Å²) >= 11 is 0. The molecule has 0 aromatic rings. The second kappa shape index (κ2) is 3.96. The standard InChI is InChI=1S/C9H13NO/c1-2-8-4-3-5-9(6-8)7-10-11/h2,6-8,11H,1,3-5H2/b10-7+. The summed E-state index contributed by atoms with van der Waals surface area (Å²) in [6.45, 7) is 3.73. The lowest BCUT2D eigenvalue weighted by Gasteiger charge is -2.14. The van der Waals surface area contributed by atoms with Crippen LogP contribution in [0, 0.1) is 5.92 Å². The predicted octanol–water partition coefficient (Wildman–Crippen LogP) is 2.36. The van der Waals surface area contributed by atoms with Crippen LogP contribution in [0.25, 0.3) is 0 Å². The molecule has 1 aliphatic rings. The Morgan fingerprint density at radius 2 is 2.55 bits per heavy atom. The molecule has 1 unspecified atom stereocenters. The van der Waals surface area contributed by atoms with Crippen molar-refractivity contribution in [2.45, 2.75) is 19.3 Å². The van der Waals surface area contributed by atoms with Gasteiger partial charge >= 0.3 is 0 Å². The van der Waals surface area contributed by atoms with Gasteiger partial charge in [0.1, 0.15) is 0 Å². The molecule has 1 aliphatic carbocycles. The Hall–Kier alpha value is -1.05. The third-order valence-electron chi connectivity index (χ3n) is 1.96. The van der Waals surface area contributed by atoms with Gasteiger partial charge in [-0.2, -0.15) is 0 Å². The Bertz CT molecular complexity index is 194. The van der Waals surface area contributed by atoms with Gasteiger partial charge in [0.25, 0.3) is 0 Å². The fraction of sp³-hybridized carbons (Fsp3) is 0.444. The van der Waals surface area contributed by atoms with Crippen LogP contribution >= 0.6 is 0 Å². The fourth-order valence-electron chi connectivity index (χ4n) is 1.35. The molecule has 1 rings (SSSR count). The first kappa shape index (κ1) is 8.05. The number of hydrogen-bond acceptors (Lipinski definition) is 2. The minimum absolute atomic E-state index is 0.469. The maximum absolute atomic E-state index is 8.28. The monoisotopic (exact) mass is 151 g/mol. The molecular weight excluding hydrogens is 138 g/mol. The first-order chi connectivity index (χ1) is 5.36. The molecule has 11 heavy (non-hydrogen) atoms. The Balaban J connectivity index is 2.63. The van der Waals surface area contributed by atoms with Crippen LogP contribution in [0.4, 0.5) is 0 Å². The van der Waals surface area contributed by atoms with E-state index in [0.29, 0.717) is 5.92 Å². The van der Waals surface area contributed by atoms with Gasteiger partial charge in [-0.3, -0.25) is 0 Å². The molecule has 0 saturated heterocycles. The molecule has 1 N–H and O–H groups in total. The summed E-state index contributed by atoms with van der Waals surface area (Å²) in [5.74, 6) is 0.469. The van der Waals surface area contributed by atoms with Gasteiger partial charge in [-0.25, -0.2) is 0 Å². The average molecular weight is 151 g/mol. The third-order valence-corrected chi connectivity index (χ3v) is 1.96. The van der Waals surface area contributed by atoms with Crippen molar-refractivity contribution in [3.63, 3.8) is 0 Å². The van der Waals surface area contributed by atoms with Gasteiger partial charge in [-0.1, -0.05) is 17.3 Å². The number of rotatable bonds is 2. The quantitative estimate of drug-likeness (QED) is 0.279. The third kappa shape index (κ3) is 2.22. The molecule has 0 aliphatic heterocycles. The van der Waals surface area contributed by atoms with E-state index < -0.39 is 0 Å². The van der Waals surface area contributed by atoms with Gasteiger partial charge in [0.2, 0.25) is 0 Å². The van der Waals surface area contributed by atoms with Gasteiger partial charge < -0.3 is 5.21 Å². The molecule has 0 bridgehead atoms. The number of nitrogens with zero attached hydrogens (tertiary/aromatic N) is 1. The summed E-state index contributed by atoms with van der Waals surface area (Å²) in [4.78, 5) is 0. The van der Waals surface area contributed by atoms with Crippen molar-refractivity contribution >= 4 is 6.21 Å². The minimum atomic E-state index is 0.469. The zero-order valence-electron chi connectivity index (χ0n) is 6.53. The molecule has 60 valence electrons. The predicted molar refractivity (Wildman–Crippen MR) is 45.9 cm³/mol. The van der Waals surface area contributed by atoms with E-state index in [2.05, 4.69) is 17.8 Å². The second-order valence-corrected chi connectivity index (χ2v) is 2.78. The molecule has 0 saturated carbocycles. The van der Waals surface area contributed by atoms with Crippen LogP contribution < -0.4 is 0 Å². The zero-order chi connectivity index (χ0) is 8.10. The van der Waals surface area contributed by atoms with Gasteiger partial charge in [-0.05, 0) is 30.8 Å². The van der Waals surface area contributed by atoms with Crippen LogP contribution in [0.2, 0.25) is 0 Å². The van der Waals surface area contributed by atoms with Gasteiger partial charge in [0, 0.05) is 0 Å². The van der Waals surface area contributed by atoms with Crippen LogP contribution in [0.1, 0.15) is 19.3 Å². The van der Waals surface area contributed by atoms with Crippen molar-refractivity contribution in [3.05, 3.63) is 24.3 Å². The van der Waals surface area contributed by atoms with Crippen LogP contribution in [0.15, 0.2) is 29.5 Å². The molecule has 0 heterocycles. The van der Waals surface area contributed by atoms with E-state index in [-0.39, 0.29) is 0 Å². The topological polar surface area (TPSA) is 32.6 Å². The number of allylic oxidation sites excluding steroid dienone is 3. The van der Waals surface area contributed by atoms with Crippen LogP contribution in [-0.2, 0) is 0 Å². The number of oxime groups is 1. The lowest BCUT2D eigenvalue weighted by atomic mass is 9.91. The summed E-state index contributed by atoms with van der Waals surface area (Å²) in [5.41, 5.74) is 1.11. The summed E-state index contributed by atoms with van der Waals surface area (Å²) in [5, 5.41) is 11.3. The van der Waals surface area contributed by atoms with Crippen LogP contribution in [-0.4, -0.2) is 11.4 Å². The van der Waals surface area contributed by atoms with Gasteiger partial charge in [0.05, 0.1) is 6.21 Å². The highest BCUT2D eigenvalue weighted by Gasteiger charge is 2.08. The SMILES string of the molecule is C=CC1C=C(/C=N/O)CCC1. The molecule has 0 aromatic heterocycles. The number of hydrogen-bond donors (Lipinski definition) is 1. The molecule has 0 aromatic carbocycles. The largest absolute Gasteiger partial charge is 0.411 e.